The van der Waals surface area contributed by atoms with Gasteiger partial charge in [-0.25, -0.2) is 4.98 Å². The van der Waals surface area contributed by atoms with Crippen LogP contribution in [0.1, 0.15) is 18.5 Å². The molecule has 0 spiro atoms. The number of nitrogens with zero attached hydrogens (tertiary/aromatic N) is 5. The van der Waals surface area contributed by atoms with Crippen LogP contribution in [0.5, 0.6) is 11.5 Å². The summed E-state index contributed by atoms with van der Waals surface area (Å²) in [6.07, 6.45) is 1.51. The smallest absolute Gasteiger partial charge is 0.497 e. The van der Waals surface area contributed by atoms with Gasteiger partial charge in [0.25, 0.3) is 0 Å². The van der Waals surface area contributed by atoms with Crippen LogP contribution in [0.3, 0.4) is 0 Å². The second-order valence-electron chi connectivity index (χ2n) is 6.58. The van der Waals surface area contributed by atoms with Gasteiger partial charge >= 0.3 is 6.36 Å². The summed E-state index contributed by atoms with van der Waals surface area (Å²) in [5.74, 6) is 0.136. The maximum atomic E-state index is 13.0. The summed E-state index contributed by atoms with van der Waals surface area (Å²) in [4.78, 5) is 8.20. The first-order valence-electron chi connectivity index (χ1n) is 9.15. The summed E-state index contributed by atoms with van der Waals surface area (Å²) >= 11 is 0. The molecule has 1 aromatic carbocycles. The molecule has 0 bridgehead atoms. The molecule has 31 heavy (non-hydrogen) atoms. The highest BCUT2D eigenvalue weighted by Crippen LogP contribution is 2.37. The number of benzene rings is 1. The molecule has 3 aromatic heterocycles. The Balaban J connectivity index is 1.76. The van der Waals surface area contributed by atoms with Crippen LogP contribution in [-0.2, 0) is 0 Å². The van der Waals surface area contributed by atoms with Crippen molar-refractivity contribution in [1.29, 1.82) is 0 Å². The van der Waals surface area contributed by atoms with Crippen LogP contribution in [0, 0.1) is 0 Å². The van der Waals surface area contributed by atoms with Gasteiger partial charge in [-0.1, -0.05) is 6.07 Å². The van der Waals surface area contributed by atoms with Crippen LogP contribution in [0.2, 0.25) is 0 Å². The summed E-state index contributed by atoms with van der Waals surface area (Å²) in [6.45, 7) is 1.92. The minimum Gasteiger partial charge on any atom is -0.497 e. The molecule has 0 saturated carbocycles. The number of nitrogens with one attached hydrogen (secondary N) is 1. The molecule has 0 aliphatic heterocycles. The average Bonchev–Trinajstić information content (AvgIpc) is 3.24. The predicted octanol–water partition coefficient (Wildman–Crippen LogP) is 4.27. The molecule has 1 unspecified atom stereocenters. The van der Waals surface area contributed by atoms with Crippen molar-refractivity contribution in [3.05, 3.63) is 60.8 Å². The van der Waals surface area contributed by atoms with Crippen molar-refractivity contribution in [1.82, 2.24) is 24.6 Å². The Hall–Kier alpha value is -3.89. The zero-order valence-corrected chi connectivity index (χ0v) is 16.5. The van der Waals surface area contributed by atoms with Crippen molar-refractivity contribution in [2.24, 2.45) is 0 Å². The fraction of sp³-hybridized carbons (Fsp3) is 0.200. The van der Waals surface area contributed by atoms with Gasteiger partial charge < -0.3 is 14.8 Å². The quantitative estimate of drug-likeness (QED) is 0.489. The van der Waals surface area contributed by atoms with Gasteiger partial charge in [-0.15, -0.1) is 23.4 Å². The van der Waals surface area contributed by atoms with Crippen LogP contribution in [-0.4, -0.2) is 38.0 Å². The molecule has 0 amide bonds. The lowest BCUT2D eigenvalue weighted by Gasteiger charge is -2.17. The van der Waals surface area contributed by atoms with Gasteiger partial charge in [0.2, 0.25) is 5.95 Å². The molecule has 0 saturated heterocycles. The van der Waals surface area contributed by atoms with Gasteiger partial charge in [0.15, 0.2) is 0 Å². The fourth-order valence-electron chi connectivity index (χ4n) is 3.07. The lowest BCUT2D eigenvalue weighted by molar-refractivity contribution is -0.274. The van der Waals surface area contributed by atoms with E-state index in [2.05, 4.69) is 30.2 Å². The minimum atomic E-state index is -4.88. The van der Waals surface area contributed by atoms with E-state index in [-0.39, 0.29) is 23.0 Å². The van der Waals surface area contributed by atoms with Gasteiger partial charge in [-0.05, 0) is 30.7 Å². The molecule has 0 radical (unpaired) electrons. The Morgan fingerprint density at radius 1 is 1.10 bits per heavy atom. The van der Waals surface area contributed by atoms with Gasteiger partial charge in [-0.2, -0.15) is 0 Å². The number of rotatable bonds is 6. The first kappa shape index (κ1) is 20.4. The number of hydrogen-bond acceptors (Lipinski definition) is 7. The van der Waals surface area contributed by atoms with E-state index < -0.39 is 12.1 Å². The number of anilines is 1. The first-order valence-corrected chi connectivity index (χ1v) is 9.15. The molecule has 4 rings (SSSR count). The molecule has 0 fully saturated rings. The predicted molar refractivity (Wildman–Crippen MR) is 106 cm³/mol. The second-order valence-corrected chi connectivity index (χ2v) is 6.58. The van der Waals surface area contributed by atoms with Crippen LogP contribution < -0.4 is 14.8 Å². The van der Waals surface area contributed by atoms with E-state index in [0.717, 1.165) is 11.6 Å². The summed E-state index contributed by atoms with van der Waals surface area (Å²) in [7, 11) is 1.35. The Morgan fingerprint density at radius 3 is 2.65 bits per heavy atom. The molecule has 0 aliphatic carbocycles. The van der Waals surface area contributed by atoms with Crippen molar-refractivity contribution >= 4 is 11.5 Å². The zero-order valence-electron chi connectivity index (χ0n) is 16.5. The lowest BCUT2D eigenvalue weighted by Crippen LogP contribution is -2.18. The lowest BCUT2D eigenvalue weighted by atomic mass is 10.1. The molecule has 11 heteroatoms. The van der Waals surface area contributed by atoms with Crippen LogP contribution in [0.15, 0.2) is 55.2 Å². The molecule has 160 valence electrons. The third-order valence-corrected chi connectivity index (χ3v) is 4.55. The number of hydrogen-bond donors (Lipinski definition) is 1. The number of imidazole rings is 1. The van der Waals surface area contributed by atoms with E-state index in [1.165, 1.54) is 31.8 Å². The van der Waals surface area contributed by atoms with E-state index in [9.17, 15) is 13.2 Å². The second kappa shape index (κ2) is 8.09. The van der Waals surface area contributed by atoms with Gasteiger partial charge in [0, 0.05) is 24.0 Å². The highest BCUT2D eigenvalue weighted by atomic mass is 19.4. The third kappa shape index (κ3) is 4.34. The van der Waals surface area contributed by atoms with Crippen molar-refractivity contribution in [3.63, 3.8) is 0 Å². The van der Waals surface area contributed by atoms with Crippen LogP contribution >= 0.6 is 0 Å². The average molecular weight is 430 g/mol. The Labute approximate surface area is 174 Å². The number of halogens is 3. The molecule has 1 N–H and O–H groups in total. The van der Waals surface area contributed by atoms with Crippen molar-refractivity contribution in [2.45, 2.75) is 19.3 Å². The summed E-state index contributed by atoms with van der Waals surface area (Å²) in [5.41, 5.74) is 1.66. The molecule has 1 atom stereocenters. The normalized spacial score (nSPS) is 12.5. The summed E-state index contributed by atoms with van der Waals surface area (Å²) < 4.78 is 49.7. The largest absolute Gasteiger partial charge is 0.573 e. The highest BCUT2D eigenvalue weighted by Gasteiger charge is 2.33. The summed E-state index contributed by atoms with van der Waals surface area (Å²) in [5, 5.41) is 11.6. The maximum absolute atomic E-state index is 13.0. The van der Waals surface area contributed by atoms with Crippen LogP contribution in [0.25, 0.3) is 16.8 Å². The Morgan fingerprint density at radius 2 is 1.94 bits per heavy atom. The van der Waals surface area contributed by atoms with Crippen molar-refractivity contribution in [2.75, 3.05) is 12.4 Å². The Bertz CT molecular complexity index is 1200. The first-order chi connectivity index (χ1) is 14.9. The monoisotopic (exact) mass is 430 g/mol. The standard InChI is InChI=1S/C20H17F3N6O2/c1-12(13-4-3-7-24-9-13)26-19-28-27-18(16-10-25-11-29(16)19)15-6-5-14(30-2)8-17(15)31-20(21,22)23/h3-12H,1-2H3,(H,26,28). The number of fused-ring (bicyclic) bond motifs is 1. The number of ether oxygens (including phenoxy) is 2. The van der Waals surface area contributed by atoms with E-state index in [4.69, 9.17) is 4.74 Å². The molecule has 0 aliphatic rings. The van der Waals surface area contributed by atoms with Gasteiger partial charge in [0.05, 0.1) is 24.9 Å². The van der Waals surface area contributed by atoms with Crippen LogP contribution in [0.4, 0.5) is 19.1 Å². The maximum Gasteiger partial charge on any atom is 0.573 e. The van der Waals surface area contributed by atoms with Crippen molar-refractivity contribution < 1.29 is 22.6 Å². The van der Waals surface area contributed by atoms with E-state index in [1.807, 2.05) is 19.1 Å². The fourth-order valence-corrected chi connectivity index (χ4v) is 3.07. The van der Waals surface area contributed by atoms with Gasteiger partial charge in [-0.3, -0.25) is 9.38 Å². The zero-order chi connectivity index (χ0) is 22.0. The molecule has 8 nitrogen and oxygen atoms in total. The van der Waals surface area contributed by atoms with Crippen molar-refractivity contribution in [3.8, 4) is 22.8 Å². The number of methoxy groups -OCH3 is 1. The number of alkyl halides is 3. The SMILES string of the molecule is COc1ccc(-c2nnc(NC(C)c3cccnc3)n3cncc23)c(OC(F)(F)F)c1. The van der Waals surface area contributed by atoms with Gasteiger partial charge in [0.1, 0.15) is 23.5 Å². The van der Waals surface area contributed by atoms with E-state index >= 15 is 0 Å². The molecular weight excluding hydrogens is 413 g/mol. The highest BCUT2D eigenvalue weighted by molar-refractivity contribution is 5.81. The van der Waals surface area contributed by atoms with E-state index in [1.54, 1.807) is 16.8 Å². The van der Waals surface area contributed by atoms with E-state index in [0.29, 0.717) is 11.5 Å². The number of pyridine rings is 1. The third-order valence-electron chi connectivity index (χ3n) is 4.55. The summed E-state index contributed by atoms with van der Waals surface area (Å²) in [6, 6.07) is 7.68. The topological polar surface area (TPSA) is 86.5 Å². The molecular formula is C20H17F3N6O2. The minimum absolute atomic E-state index is 0.1000. The molecule has 3 heterocycles. The Kier molecular flexibility index (Phi) is 5.32. The molecule has 4 aromatic rings. The number of aromatic nitrogens is 5.